The first kappa shape index (κ1) is 13.6. The van der Waals surface area contributed by atoms with Gasteiger partial charge in [0, 0.05) is 5.56 Å². The van der Waals surface area contributed by atoms with Gasteiger partial charge >= 0.3 is 0 Å². The normalized spacial score (nSPS) is 10.0. The zero-order chi connectivity index (χ0) is 12.5. The van der Waals surface area contributed by atoms with Crippen molar-refractivity contribution in [1.29, 1.82) is 0 Å². The van der Waals surface area contributed by atoms with Crippen LogP contribution in [0.2, 0.25) is 0 Å². The lowest BCUT2D eigenvalue weighted by atomic mass is 10.2. The van der Waals surface area contributed by atoms with Crippen molar-refractivity contribution in [3.8, 4) is 11.5 Å². The van der Waals surface area contributed by atoms with Crippen molar-refractivity contribution in [2.45, 2.75) is 32.6 Å². The fourth-order valence-electron chi connectivity index (χ4n) is 1.59. The van der Waals surface area contributed by atoms with E-state index in [1.54, 1.807) is 25.3 Å². The molecular formula is C14H20O3. The van der Waals surface area contributed by atoms with E-state index in [0.29, 0.717) is 23.7 Å². The maximum absolute atomic E-state index is 10.6. The second kappa shape index (κ2) is 7.71. The van der Waals surface area contributed by atoms with Crippen molar-refractivity contribution < 1.29 is 14.3 Å². The fourth-order valence-corrected chi connectivity index (χ4v) is 1.59. The Labute approximate surface area is 103 Å². The summed E-state index contributed by atoms with van der Waals surface area (Å²) in [6, 6.07) is 5.20. The van der Waals surface area contributed by atoms with Crippen LogP contribution in [-0.4, -0.2) is 20.0 Å². The number of carbonyl (C=O) groups is 1. The highest BCUT2D eigenvalue weighted by Gasteiger charge is 2.05. The van der Waals surface area contributed by atoms with Crippen LogP contribution in [0, 0.1) is 0 Å². The van der Waals surface area contributed by atoms with Crippen molar-refractivity contribution in [3.05, 3.63) is 23.8 Å². The molecule has 0 amide bonds. The summed E-state index contributed by atoms with van der Waals surface area (Å²) in [6.07, 6.45) is 5.49. The molecule has 3 nitrogen and oxygen atoms in total. The standard InChI is InChI=1S/C14H20O3/c1-3-4-5-6-9-17-13-8-7-12(11-15)10-14(13)16-2/h7-8,10-11H,3-6,9H2,1-2H3. The first-order valence-corrected chi connectivity index (χ1v) is 6.07. The van der Waals surface area contributed by atoms with Crippen LogP contribution in [0.4, 0.5) is 0 Å². The molecule has 0 N–H and O–H groups in total. The quantitative estimate of drug-likeness (QED) is 0.512. The molecule has 0 atom stereocenters. The van der Waals surface area contributed by atoms with Crippen LogP contribution in [0.5, 0.6) is 11.5 Å². The summed E-state index contributed by atoms with van der Waals surface area (Å²) >= 11 is 0. The molecule has 94 valence electrons. The third-order valence-corrected chi connectivity index (χ3v) is 2.58. The second-order valence-corrected chi connectivity index (χ2v) is 3.94. The monoisotopic (exact) mass is 236 g/mol. The summed E-state index contributed by atoms with van der Waals surface area (Å²) in [5.41, 5.74) is 0.597. The zero-order valence-corrected chi connectivity index (χ0v) is 10.6. The van der Waals surface area contributed by atoms with Gasteiger partial charge in [-0.1, -0.05) is 26.2 Å². The lowest BCUT2D eigenvalue weighted by molar-refractivity contribution is 0.112. The molecule has 0 aliphatic rings. The molecule has 0 bridgehead atoms. The van der Waals surface area contributed by atoms with Gasteiger partial charge in [0.2, 0.25) is 0 Å². The zero-order valence-electron chi connectivity index (χ0n) is 10.6. The largest absolute Gasteiger partial charge is 0.493 e. The molecule has 0 spiro atoms. The summed E-state index contributed by atoms with van der Waals surface area (Å²) in [7, 11) is 1.58. The Hall–Kier alpha value is -1.51. The molecule has 1 aromatic carbocycles. The van der Waals surface area contributed by atoms with Gasteiger partial charge in [0.1, 0.15) is 6.29 Å². The van der Waals surface area contributed by atoms with Gasteiger partial charge < -0.3 is 9.47 Å². The first-order valence-electron chi connectivity index (χ1n) is 6.07. The summed E-state index contributed by atoms with van der Waals surface area (Å²) in [5.74, 6) is 1.32. The van der Waals surface area contributed by atoms with Crippen molar-refractivity contribution in [2.24, 2.45) is 0 Å². The van der Waals surface area contributed by atoms with Crippen molar-refractivity contribution >= 4 is 6.29 Å². The van der Waals surface area contributed by atoms with Gasteiger partial charge in [-0.15, -0.1) is 0 Å². The molecule has 1 aromatic rings. The van der Waals surface area contributed by atoms with Crippen LogP contribution in [0.1, 0.15) is 43.0 Å². The minimum atomic E-state index is 0.597. The number of methoxy groups -OCH3 is 1. The molecule has 0 unspecified atom stereocenters. The molecule has 3 heteroatoms. The highest BCUT2D eigenvalue weighted by Crippen LogP contribution is 2.27. The van der Waals surface area contributed by atoms with Crippen molar-refractivity contribution in [1.82, 2.24) is 0 Å². The smallest absolute Gasteiger partial charge is 0.161 e. The first-order chi connectivity index (χ1) is 8.31. The van der Waals surface area contributed by atoms with E-state index in [2.05, 4.69) is 6.92 Å². The Bertz CT molecular complexity index is 347. The van der Waals surface area contributed by atoms with E-state index in [9.17, 15) is 4.79 Å². The molecule has 0 aromatic heterocycles. The van der Waals surface area contributed by atoms with E-state index in [4.69, 9.17) is 9.47 Å². The third kappa shape index (κ3) is 4.47. The SMILES string of the molecule is CCCCCCOc1ccc(C=O)cc1OC. The molecule has 0 saturated heterocycles. The number of carbonyl (C=O) groups excluding carboxylic acids is 1. The van der Waals surface area contributed by atoms with Crippen molar-refractivity contribution in [2.75, 3.05) is 13.7 Å². The molecule has 0 radical (unpaired) electrons. The summed E-state index contributed by atoms with van der Waals surface area (Å²) in [6.45, 7) is 2.87. The Kier molecular flexibility index (Phi) is 6.15. The van der Waals surface area contributed by atoms with Gasteiger partial charge in [-0.2, -0.15) is 0 Å². The molecule has 0 saturated carbocycles. The lowest BCUT2D eigenvalue weighted by Gasteiger charge is -2.10. The van der Waals surface area contributed by atoms with Gasteiger partial charge in [0.15, 0.2) is 11.5 Å². The number of hydrogen-bond acceptors (Lipinski definition) is 3. The number of ether oxygens (including phenoxy) is 2. The number of rotatable bonds is 8. The van der Waals surface area contributed by atoms with Crippen molar-refractivity contribution in [3.63, 3.8) is 0 Å². The Morgan fingerprint density at radius 3 is 2.65 bits per heavy atom. The molecule has 17 heavy (non-hydrogen) atoms. The van der Waals surface area contributed by atoms with E-state index in [1.165, 1.54) is 19.3 Å². The van der Waals surface area contributed by atoms with Gasteiger partial charge in [-0.3, -0.25) is 4.79 Å². The number of unbranched alkanes of at least 4 members (excludes halogenated alkanes) is 3. The Balaban J connectivity index is 2.49. The topological polar surface area (TPSA) is 35.5 Å². The number of benzene rings is 1. The van der Waals surface area contributed by atoms with Crippen LogP contribution >= 0.6 is 0 Å². The number of aldehydes is 1. The van der Waals surface area contributed by atoms with Crippen LogP contribution in [0.15, 0.2) is 18.2 Å². The van der Waals surface area contributed by atoms with Gasteiger partial charge in [0.05, 0.1) is 13.7 Å². The maximum atomic E-state index is 10.6. The predicted octanol–water partition coefficient (Wildman–Crippen LogP) is 3.47. The molecular weight excluding hydrogens is 216 g/mol. The fraction of sp³-hybridized carbons (Fsp3) is 0.500. The van der Waals surface area contributed by atoms with E-state index in [1.807, 2.05) is 0 Å². The third-order valence-electron chi connectivity index (χ3n) is 2.58. The highest BCUT2D eigenvalue weighted by molar-refractivity contribution is 5.76. The Morgan fingerprint density at radius 1 is 1.18 bits per heavy atom. The van der Waals surface area contributed by atoms with E-state index in [0.717, 1.165) is 12.7 Å². The molecule has 1 rings (SSSR count). The summed E-state index contributed by atoms with van der Waals surface area (Å²) < 4.78 is 10.8. The molecule has 0 aliphatic heterocycles. The minimum absolute atomic E-state index is 0.597. The van der Waals surface area contributed by atoms with E-state index >= 15 is 0 Å². The van der Waals surface area contributed by atoms with E-state index < -0.39 is 0 Å². The van der Waals surface area contributed by atoms with Gasteiger partial charge in [-0.05, 0) is 24.6 Å². The number of hydrogen-bond donors (Lipinski definition) is 0. The molecule has 0 aliphatic carbocycles. The van der Waals surface area contributed by atoms with Crippen LogP contribution in [-0.2, 0) is 0 Å². The van der Waals surface area contributed by atoms with Crippen LogP contribution in [0.25, 0.3) is 0 Å². The average molecular weight is 236 g/mol. The maximum Gasteiger partial charge on any atom is 0.161 e. The predicted molar refractivity (Wildman–Crippen MR) is 68.0 cm³/mol. The Morgan fingerprint density at radius 2 is 2.00 bits per heavy atom. The second-order valence-electron chi connectivity index (χ2n) is 3.94. The lowest BCUT2D eigenvalue weighted by Crippen LogP contribution is -1.99. The van der Waals surface area contributed by atoms with Crippen LogP contribution in [0.3, 0.4) is 0 Å². The summed E-state index contributed by atoms with van der Waals surface area (Å²) in [4.78, 5) is 10.6. The van der Waals surface area contributed by atoms with Gasteiger partial charge in [0.25, 0.3) is 0 Å². The van der Waals surface area contributed by atoms with Crippen LogP contribution < -0.4 is 9.47 Å². The molecule has 0 fully saturated rings. The van der Waals surface area contributed by atoms with E-state index in [-0.39, 0.29) is 0 Å². The minimum Gasteiger partial charge on any atom is -0.493 e. The van der Waals surface area contributed by atoms with Gasteiger partial charge in [-0.25, -0.2) is 0 Å². The highest BCUT2D eigenvalue weighted by atomic mass is 16.5. The molecule has 0 heterocycles. The summed E-state index contributed by atoms with van der Waals surface area (Å²) in [5, 5.41) is 0. The average Bonchev–Trinajstić information content (AvgIpc) is 2.38.